The number of halogens is 2. The number of benzene rings is 1. The maximum atomic E-state index is 13.6. The molecule has 1 aromatic heterocycles. The Morgan fingerprint density at radius 3 is 2.95 bits per heavy atom. The van der Waals surface area contributed by atoms with Crippen molar-refractivity contribution in [2.45, 2.75) is 6.54 Å². The molecule has 0 aliphatic rings. The van der Waals surface area contributed by atoms with Crippen molar-refractivity contribution in [2.75, 3.05) is 20.3 Å². The van der Waals surface area contributed by atoms with Gasteiger partial charge in [-0.25, -0.2) is 8.78 Å². The van der Waals surface area contributed by atoms with E-state index in [9.17, 15) is 8.78 Å². The van der Waals surface area contributed by atoms with Gasteiger partial charge in [0, 0.05) is 20.2 Å². The minimum Gasteiger partial charge on any atom is -0.383 e. The Bertz CT molecular complexity index is 548. The summed E-state index contributed by atoms with van der Waals surface area (Å²) in [5, 5.41) is 12.0. The summed E-state index contributed by atoms with van der Waals surface area (Å²) in [5.41, 5.74) is 0.139. The number of aromatic nitrogens is 2. The lowest BCUT2D eigenvalue weighted by Gasteiger charge is -2.00. The van der Waals surface area contributed by atoms with Gasteiger partial charge in [-0.05, 0) is 12.1 Å². The van der Waals surface area contributed by atoms with Crippen molar-refractivity contribution in [1.82, 2.24) is 15.5 Å². The first kappa shape index (κ1) is 14.0. The fraction of sp³-hybridized carbons (Fsp3) is 0.333. The molecule has 0 aliphatic carbocycles. The second-order valence-electron chi connectivity index (χ2n) is 3.77. The van der Waals surface area contributed by atoms with Crippen molar-refractivity contribution in [2.24, 2.45) is 0 Å². The fourth-order valence-electron chi connectivity index (χ4n) is 1.47. The Labute approximate surface area is 113 Å². The fourth-order valence-corrected chi connectivity index (χ4v) is 2.30. The minimum atomic E-state index is -0.891. The van der Waals surface area contributed by atoms with E-state index in [1.807, 2.05) is 0 Å². The predicted octanol–water partition coefficient (Wildman–Crippen LogP) is 2.22. The number of nitrogens with zero attached hydrogens (tertiary/aromatic N) is 2. The summed E-state index contributed by atoms with van der Waals surface area (Å²) < 4.78 is 31.6. The number of rotatable bonds is 6. The van der Waals surface area contributed by atoms with Gasteiger partial charge in [0.1, 0.15) is 5.01 Å². The smallest absolute Gasteiger partial charge is 0.169 e. The molecular weight excluding hydrogens is 272 g/mol. The van der Waals surface area contributed by atoms with Gasteiger partial charge in [-0.2, -0.15) is 0 Å². The number of ether oxygens (including phenoxy) is 1. The van der Waals surface area contributed by atoms with Crippen molar-refractivity contribution >= 4 is 11.3 Å². The molecule has 2 rings (SSSR count). The van der Waals surface area contributed by atoms with E-state index in [1.54, 1.807) is 7.11 Å². The minimum absolute atomic E-state index is 0.139. The van der Waals surface area contributed by atoms with Crippen LogP contribution in [0.2, 0.25) is 0 Å². The highest BCUT2D eigenvalue weighted by molar-refractivity contribution is 7.14. The summed E-state index contributed by atoms with van der Waals surface area (Å²) in [6, 6.07) is 4.01. The zero-order valence-electron chi connectivity index (χ0n) is 10.3. The molecule has 19 heavy (non-hydrogen) atoms. The highest BCUT2D eigenvalue weighted by atomic mass is 32.1. The average Bonchev–Trinajstić information content (AvgIpc) is 2.87. The SMILES string of the molecule is COCCNCc1nnc(-c2cccc(F)c2F)s1. The summed E-state index contributed by atoms with van der Waals surface area (Å²) >= 11 is 1.23. The maximum absolute atomic E-state index is 13.6. The van der Waals surface area contributed by atoms with Crippen LogP contribution >= 0.6 is 11.3 Å². The van der Waals surface area contributed by atoms with E-state index in [1.165, 1.54) is 23.5 Å². The number of hydrogen-bond donors (Lipinski definition) is 1. The Hall–Kier alpha value is -1.44. The molecule has 0 bridgehead atoms. The van der Waals surface area contributed by atoms with E-state index >= 15 is 0 Å². The van der Waals surface area contributed by atoms with E-state index in [4.69, 9.17) is 4.74 Å². The Kier molecular flexibility index (Phi) is 4.89. The topological polar surface area (TPSA) is 47.0 Å². The number of hydrogen-bond acceptors (Lipinski definition) is 5. The first-order valence-electron chi connectivity index (χ1n) is 5.69. The quantitative estimate of drug-likeness (QED) is 0.827. The van der Waals surface area contributed by atoms with Gasteiger partial charge in [0.2, 0.25) is 0 Å². The van der Waals surface area contributed by atoms with Crippen molar-refractivity contribution in [3.8, 4) is 10.6 Å². The molecule has 1 aromatic carbocycles. The summed E-state index contributed by atoms with van der Waals surface area (Å²) in [6.45, 7) is 1.82. The first-order chi connectivity index (χ1) is 9.22. The lowest BCUT2D eigenvalue weighted by atomic mass is 10.2. The van der Waals surface area contributed by atoms with Crippen LogP contribution < -0.4 is 5.32 Å². The Morgan fingerprint density at radius 1 is 1.32 bits per heavy atom. The van der Waals surface area contributed by atoms with Gasteiger partial charge in [-0.1, -0.05) is 17.4 Å². The van der Waals surface area contributed by atoms with Crippen LogP contribution in [0.25, 0.3) is 10.6 Å². The van der Waals surface area contributed by atoms with Crippen LogP contribution in [0.5, 0.6) is 0 Å². The zero-order valence-corrected chi connectivity index (χ0v) is 11.1. The molecule has 2 aromatic rings. The third-order valence-electron chi connectivity index (χ3n) is 2.41. The Morgan fingerprint density at radius 2 is 2.16 bits per heavy atom. The van der Waals surface area contributed by atoms with Crippen LogP contribution in [-0.4, -0.2) is 30.5 Å². The molecule has 0 saturated carbocycles. The molecule has 1 heterocycles. The zero-order chi connectivity index (χ0) is 13.7. The lowest BCUT2D eigenvalue weighted by Crippen LogP contribution is -2.18. The van der Waals surface area contributed by atoms with E-state index < -0.39 is 11.6 Å². The molecular formula is C12H13F2N3OS. The first-order valence-corrected chi connectivity index (χ1v) is 6.50. The highest BCUT2D eigenvalue weighted by Crippen LogP contribution is 2.27. The summed E-state index contributed by atoms with van der Waals surface area (Å²) in [7, 11) is 1.62. The molecule has 0 amide bonds. The third-order valence-corrected chi connectivity index (χ3v) is 3.36. The monoisotopic (exact) mass is 285 g/mol. The van der Waals surface area contributed by atoms with Crippen LogP contribution in [0.3, 0.4) is 0 Å². The highest BCUT2D eigenvalue weighted by Gasteiger charge is 2.13. The van der Waals surface area contributed by atoms with Crippen LogP contribution in [-0.2, 0) is 11.3 Å². The Balaban J connectivity index is 2.06. The van der Waals surface area contributed by atoms with Gasteiger partial charge in [0.05, 0.1) is 12.2 Å². The van der Waals surface area contributed by atoms with E-state index in [0.717, 1.165) is 11.1 Å². The molecule has 1 N–H and O–H groups in total. The standard InChI is InChI=1S/C12H13F2N3OS/c1-18-6-5-15-7-10-16-17-12(19-10)8-3-2-4-9(13)11(8)14/h2-4,15H,5-7H2,1H3. The van der Waals surface area contributed by atoms with E-state index in [0.29, 0.717) is 24.7 Å². The van der Waals surface area contributed by atoms with E-state index in [2.05, 4.69) is 15.5 Å². The van der Waals surface area contributed by atoms with Gasteiger partial charge >= 0.3 is 0 Å². The van der Waals surface area contributed by atoms with Gasteiger partial charge < -0.3 is 10.1 Å². The molecule has 0 aliphatic heterocycles. The average molecular weight is 285 g/mol. The van der Waals surface area contributed by atoms with Crippen molar-refractivity contribution in [3.05, 3.63) is 34.8 Å². The number of methoxy groups -OCH3 is 1. The van der Waals surface area contributed by atoms with Crippen molar-refractivity contribution in [1.29, 1.82) is 0 Å². The maximum Gasteiger partial charge on any atom is 0.169 e. The molecule has 0 atom stereocenters. The molecule has 7 heteroatoms. The van der Waals surface area contributed by atoms with Crippen molar-refractivity contribution < 1.29 is 13.5 Å². The second-order valence-corrected chi connectivity index (χ2v) is 4.83. The van der Waals surface area contributed by atoms with Gasteiger partial charge in [0.25, 0.3) is 0 Å². The molecule has 0 fully saturated rings. The predicted molar refractivity (Wildman–Crippen MR) is 68.8 cm³/mol. The van der Waals surface area contributed by atoms with Crippen molar-refractivity contribution in [3.63, 3.8) is 0 Å². The van der Waals surface area contributed by atoms with Crippen LogP contribution in [0.1, 0.15) is 5.01 Å². The largest absolute Gasteiger partial charge is 0.383 e. The summed E-state index contributed by atoms with van der Waals surface area (Å²) in [6.07, 6.45) is 0. The van der Waals surface area contributed by atoms with Crippen LogP contribution in [0, 0.1) is 11.6 Å². The molecule has 102 valence electrons. The summed E-state index contributed by atoms with van der Waals surface area (Å²) in [4.78, 5) is 0. The summed E-state index contributed by atoms with van der Waals surface area (Å²) in [5.74, 6) is -1.77. The van der Waals surface area contributed by atoms with E-state index in [-0.39, 0.29) is 5.56 Å². The van der Waals surface area contributed by atoms with Gasteiger partial charge in [0.15, 0.2) is 16.6 Å². The van der Waals surface area contributed by atoms with Crippen LogP contribution in [0.4, 0.5) is 8.78 Å². The molecule has 0 unspecified atom stereocenters. The third kappa shape index (κ3) is 3.52. The number of nitrogens with one attached hydrogen (secondary N) is 1. The second kappa shape index (κ2) is 6.65. The van der Waals surface area contributed by atoms with Gasteiger partial charge in [-0.3, -0.25) is 0 Å². The lowest BCUT2D eigenvalue weighted by molar-refractivity contribution is 0.199. The molecule has 0 saturated heterocycles. The molecule has 0 spiro atoms. The van der Waals surface area contributed by atoms with Gasteiger partial charge in [-0.15, -0.1) is 10.2 Å². The van der Waals surface area contributed by atoms with Crippen LogP contribution in [0.15, 0.2) is 18.2 Å². The normalized spacial score (nSPS) is 10.9. The molecule has 4 nitrogen and oxygen atoms in total. The molecule has 0 radical (unpaired) electrons.